The summed E-state index contributed by atoms with van der Waals surface area (Å²) >= 11 is 0. The Morgan fingerprint density at radius 1 is 1.27 bits per heavy atom. The number of pyridine rings is 1. The highest BCUT2D eigenvalue weighted by Crippen LogP contribution is 2.23. The van der Waals surface area contributed by atoms with E-state index in [1.807, 2.05) is 6.92 Å². The summed E-state index contributed by atoms with van der Waals surface area (Å²) in [5.74, 6) is -2.00. The molecule has 3 aromatic rings. The first kappa shape index (κ1) is 18.0. The first-order valence-corrected chi connectivity index (χ1v) is 7.98. The SMILES string of the molecule is CCOCc1cn(Cc2ccc(F)cc2F)c2ccc(C(=O)NO)nc12. The van der Waals surface area contributed by atoms with E-state index < -0.39 is 17.5 Å². The van der Waals surface area contributed by atoms with Crippen molar-refractivity contribution in [1.82, 2.24) is 15.0 Å². The molecule has 0 spiro atoms. The molecule has 6 nitrogen and oxygen atoms in total. The number of ether oxygens (including phenoxy) is 1. The van der Waals surface area contributed by atoms with Crippen molar-refractivity contribution < 1.29 is 23.5 Å². The number of hydrogen-bond acceptors (Lipinski definition) is 4. The monoisotopic (exact) mass is 361 g/mol. The van der Waals surface area contributed by atoms with Crippen LogP contribution in [0.5, 0.6) is 0 Å². The molecule has 0 atom stereocenters. The minimum Gasteiger partial charge on any atom is -0.377 e. The molecule has 0 saturated heterocycles. The molecule has 136 valence electrons. The van der Waals surface area contributed by atoms with Gasteiger partial charge in [0.2, 0.25) is 0 Å². The summed E-state index contributed by atoms with van der Waals surface area (Å²) < 4.78 is 34.3. The summed E-state index contributed by atoms with van der Waals surface area (Å²) in [5, 5.41) is 8.78. The maximum Gasteiger partial charge on any atom is 0.293 e. The summed E-state index contributed by atoms with van der Waals surface area (Å²) in [5.41, 5.74) is 3.81. The van der Waals surface area contributed by atoms with Crippen LogP contribution in [0.15, 0.2) is 36.5 Å². The highest BCUT2D eigenvalue weighted by atomic mass is 19.1. The van der Waals surface area contributed by atoms with Gasteiger partial charge in [0.25, 0.3) is 5.91 Å². The lowest BCUT2D eigenvalue weighted by atomic mass is 10.2. The minimum absolute atomic E-state index is 0.0449. The van der Waals surface area contributed by atoms with Crippen LogP contribution in [0.2, 0.25) is 0 Å². The number of nitrogens with one attached hydrogen (secondary N) is 1. The van der Waals surface area contributed by atoms with E-state index >= 15 is 0 Å². The zero-order valence-corrected chi connectivity index (χ0v) is 14.0. The number of fused-ring (bicyclic) bond motifs is 1. The number of benzene rings is 1. The molecule has 26 heavy (non-hydrogen) atoms. The molecule has 0 radical (unpaired) electrons. The number of amides is 1. The molecule has 8 heteroatoms. The maximum absolute atomic E-state index is 14.0. The number of aromatic nitrogens is 2. The second-order valence-corrected chi connectivity index (χ2v) is 5.66. The summed E-state index contributed by atoms with van der Waals surface area (Å²) in [7, 11) is 0. The molecule has 0 saturated carbocycles. The first-order valence-electron chi connectivity index (χ1n) is 7.98. The van der Waals surface area contributed by atoms with Crippen molar-refractivity contribution in [3.8, 4) is 0 Å². The number of nitrogens with zero attached hydrogens (tertiary/aromatic N) is 2. The van der Waals surface area contributed by atoms with Gasteiger partial charge in [-0.15, -0.1) is 0 Å². The first-order chi connectivity index (χ1) is 12.5. The maximum atomic E-state index is 14.0. The van der Waals surface area contributed by atoms with Gasteiger partial charge < -0.3 is 9.30 Å². The average molecular weight is 361 g/mol. The van der Waals surface area contributed by atoms with Crippen molar-refractivity contribution in [2.24, 2.45) is 0 Å². The lowest BCUT2D eigenvalue weighted by Crippen LogP contribution is -2.19. The fourth-order valence-electron chi connectivity index (χ4n) is 2.70. The molecule has 0 aliphatic heterocycles. The van der Waals surface area contributed by atoms with Gasteiger partial charge in [-0.1, -0.05) is 6.07 Å². The number of hydrogen-bond donors (Lipinski definition) is 2. The number of carbonyl (C=O) groups is 1. The van der Waals surface area contributed by atoms with Crippen molar-refractivity contribution in [1.29, 1.82) is 0 Å². The molecular formula is C18H17F2N3O3. The number of rotatable bonds is 6. The molecule has 3 rings (SSSR count). The number of hydroxylamine groups is 1. The van der Waals surface area contributed by atoms with E-state index in [1.54, 1.807) is 22.3 Å². The van der Waals surface area contributed by atoms with Crippen LogP contribution in [0.25, 0.3) is 11.0 Å². The average Bonchev–Trinajstić information content (AvgIpc) is 2.98. The zero-order valence-electron chi connectivity index (χ0n) is 14.0. The van der Waals surface area contributed by atoms with Gasteiger partial charge in [-0.25, -0.2) is 19.2 Å². The van der Waals surface area contributed by atoms with Crippen LogP contribution in [-0.4, -0.2) is 27.3 Å². The molecule has 0 aliphatic carbocycles. The highest BCUT2D eigenvalue weighted by Gasteiger charge is 2.15. The zero-order chi connectivity index (χ0) is 18.7. The number of carbonyl (C=O) groups excluding carboxylic acids is 1. The molecule has 0 unspecified atom stereocenters. The highest BCUT2D eigenvalue weighted by molar-refractivity contribution is 5.94. The molecule has 2 aromatic heterocycles. The van der Waals surface area contributed by atoms with Gasteiger partial charge in [0.05, 0.1) is 24.2 Å². The predicted molar refractivity (Wildman–Crippen MR) is 89.8 cm³/mol. The standard InChI is InChI=1S/C18H17F2N3O3/c1-2-26-10-12-9-23(8-11-3-4-13(19)7-14(11)20)16-6-5-15(18(24)22-25)21-17(12)16/h3-7,9,25H,2,8,10H2,1H3,(H,22,24). The van der Waals surface area contributed by atoms with Gasteiger partial charge in [-0.2, -0.15) is 0 Å². The van der Waals surface area contributed by atoms with Crippen LogP contribution in [0, 0.1) is 11.6 Å². The molecular weight excluding hydrogens is 344 g/mol. The van der Waals surface area contributed by atoms with Crippen LogP contribution in [0.3, 0.4) is 0 Å². The van der Waals surface area contributed by atoms with E-state index in [4.69, 9.17) is 9.94 Å². The van der Waals surface area contributed by atoms with Gasteiger partial charge in [-0.05, 0) is 25.1 Å². The molecule has 1 aromatic carbocycles. The Labute approximate surface area is 148 Å². The number of halogens is 2. The third-order valence-corrected chi connectivity index (χ3v) is 3.95. The lowest BCUT2D eigenvalue weighted by molar-refractivity contribution is 0.0701. The molecule has 2 heterocycles. The lowest BCUT2D eigenvalue weighted by Gasteiger charge is -2.07. The van der Waals surface area contributed by atoms with Gasteiger partial charge >= 0.3 is 0 Å². The molecule has 2 N–H and O–H groups in total. The summed E-state index contributed by atoms with van der Waals surface area (Å²) in [4.78, 5) is 15.9. The second-order valence-electron chi connectivity index (χ2n) is 5.66. The van der Waals surface area contributed by atoms with Crippen LogP contribution in [0.1, 0.15) is 28.5 Å². The van der Waals surface area contributed by atoms with Crippen molar-refractivity contribution in [3.05, 3.63) is 65.0 Å². The molecule has 0 aliphatic rings. The Hall–Kier alpha value is -2.84. The van der Waals surface area contributed by atoms with Crippen molar-refractivity contribution in [2.75, 3.05) is 6.61 Å². The minimum atomic E-state index is -0.730. The van der Waals surface area contributed by atoms with E-state index in [0.717, 1.165) is 11.6 Å². The fourth-order valence-corrected chi connectivity index (χ4v) is 2.70. The normalized spacial score (nSPS) is 11.1. The second kappa shape index (κ2) is 7.59. The third kappa shape index (κ3) is 3.56. The van der Waals surface area contributed by atoms with Gasteiger partial charge in [0.1, 0.15) is 17.3 Å². The van der Waals surface area contributed by atoms with Crippen molar-refractivity contribution in [3.63, 3.8) is 0 Å². The Balaban J connectivity index is 2.05. The summed E-state index contributed by atoms with van der Waals surface area (Å²) in [6, 6.07) is 6.54. The van der Waals surface area contributed by atoms with E-state index in [9.17, 15) is 13.6 Å². The van der Waals surface area contributed by atoms with Crippen LogP contribution in [-0.2, 0) is 17.9 Å². The van der Waals surface area contributed by atoms with Gasteiger partial charge in [0, 0.05) is 30.0 Å². The van der Waals surface area contributed by atoms with E-state index in [-0.39, 0.29) is 18.8 Å². The third-order valence-electron chi connectivity index (χ3n) is 3.95. The summed E-state index contributed by atoms with van der Waals surface area (Å²) in [6.45, 7) is 2.78. The summed E-state index contributed by atoms with van der Waals surface area (Å²) in [6.07, 6.45) is 1.76. The Morgan fingerprint density at radius 2 is 2.08 bits per heavy atom. The van der Waals surface area contributed by atoms with Crippen LogP contribution in [0.4, 0.5) is 8.78 Å². The Kier molecular flexibility index (Phi) is 5.24. The van der Waals surface area contributed by atoms with Crippen molar-refractivity contribution >= 4 is 16.9 Å². The quantitative estimate of drug-likeness (QED) is 0.523. The Bertz CT molecular complexity index is 956. The topological polar surface area (TPSA) is 76.4 Å². The molecule has 0 bridgehead atoms. The molecule has 0 fully saturated rings. The van der Waals surface area contributed by atoms with Crippen molar-refractivity contribution in [2.45, 2.75) is 20.1 Å². The smallest absolute Gasteiger partial charge is 0.293 e. The van der Waals surface area contributed by atoms with Crippen LogP contribution < -0.4 is 5.48 Å². The molecule has 1 amide bonds. The van der Waals surface area contributed by atoms with E-state index in [2.05, 4.69) is 4.98 Å². The van der Waals surface area contributed by atoms with Crippen LogP contribution >= 0.6 is 0 Å². The fraction of sp³-hybridized carbons (Fsp3) is 0.222. The Morgan fingerprint density at radius 3 is 2.77 bits per heavy atom. The van der Waals surface area contributed by atoms with Gasteiger partial charge in [-0.3, -0.25) is 10.0 Å². The van der Waals surface area contributed by atoms with Gasteiger partial charge in [0.15, 0.2) is 0 Å². The van der Waals surface area contributed by atoms with E-state index in [1.165, 1.54) is 18.2 Å². The van der Waals surface area contributed by atoms with E-state index in [0.29, 0.717) is 23.2 Å². The predicted octanol–water partition coefficient (Wildman–Crippen LogP) is 3.02. The largest absolute Gasteiger partial charge is 0.377 e.